The summed E-state index contributed by atoms with van der Waals surface area (Å²) in [6.07, 6.45) is 0. The second kappa shape index (κ2) is 7.36. The molecular weight excluding hydrogens is 352 g/mol. The predicted octanol–water partition coefficient (Wildman–Crippen LogP) is 6.34. The molecule has 0 fully saturated rings. The summed E-state index contributed by atoms with van der Waals surface area (Å²) in [6.45, 7) is 11.3. The molecule has 0 radical (unpaired) electrons. The van der Waals surface area contributed by atoms with Gasteiger partial charge in [0.05, 0.1) is 5.41 Å². The van der Waals surface area contributed by atoms with E-state index < -0.39 is 0 Å². The van der Waals surface area contributed by atoms with Crippen LogP contribution in [0.15, 0.2) is 84.9 Å². The van der Waals surface area contributed by atoms with E-state index in [0.29, 0.717) is 0 Å². The molecule has 0 saturated carbocycles. The lowest BCUT2D eigenvalue weighted by Crippen LogP contribution is -2.43. The third-order valence-electron chi connectivity index (χ3n) is 5.41. The minimum atomic E-state index is -0.0596. The largest absolute Gasteiger partial charge is 0.273 e. The lowest BCUT2D eigenvalue weighted by atomic mass is 9.94. The maximum absolute atomic E-state index is 2.45. The molecule has 4 rings (SSSR count). The van der Waals surface area contributed by atoms with Crippen LogP contribution in [0.3, 0.4) is 0 Å². The quantitative estimate of drug-likeness (QED) is 0.366. The molecule has 0 spiro atoms. The van der Waals surface area contributed by atoms with Crippen molar-refractivity contribution in [3.8, 4) is 22.6 Å². The molecule has 0 atom stereocenters. The topological polar surface area (TPSA) is 8.81 Å². The smallest absolute Gasteiger partial charge is 0.195 e. The van der Waals surface area contributed by atoms with Crippen molar-refractivity contribution in [2.45, 2.75) is 40.0 Å². The van der Waals surface area contributed by atoms with E-state index >= 15 is 0 Å². The third kappa shape index (κ3) is 3.40. The normalized spacial score (nSPS) is 11.6. The molecule has 0 N–H and O–H groups in total. The molecule has 0 saturated heterocycles. The molecular formula is C27H29N2+. The Balaban J connectivity index is 2.19. The summed E-state index contributed by atoms with van der Waals surface area (Å²) in [5.74, 6) is 1.27. The Morgan fingerprint density at radius 2 is 1.24 bits per heavy atom. The average Bonchev–Trinajstić information content (AvgIpc) is 3.03. The second-order valence-electron chi connectivity index (χ2n) is 8.67. The van der Waals surface area contributed by atoms with Gasteiger partial charge in [-0.2, -0.15) is 9.13 Å². The Morgan fingerprint density at radius 3 is 1.83 bits per heavy atom. The number of hydrogen-bond acceptors (Lipinski definition) is 0. The van der Waals surface area contributed by atoms with Crippen LogP contribution in [-0.2, 0) is 5.41 Å². The van der Waals surface area contributed by atoms with Crippen LogP contribution >= 0.6 is 0 Å². The standard InChI is InChI=1S/C27H29N2/c1-20-14-12-13-19-24(20)28-21(2)25(22-15-8-6-9-16-22)29(26(28)27(3,4)5)23-17-10-7-11-18-23/h6-19H,1-5H3/q+1. The zero-order valence-electron chi connectivity index (χ0n) is 18.0. The Hall–Kier alpha value is -3.13. The minimum absolute atomic E-state index is 0.0596. The molecule has 29 heavy (non-hydrogen) atoms. The molecule has 146 valence electrons. The van der Waals surface area contributed by atoms with Gasteiger partial charge in [-0.15, -0.1) is 0 Å². The Kier molecular flexibility index (Phi) is 4.87. The van der Waals surface area contributed by atoms with E-state index in [0.717, 1.165) is 0 Å². The van der Waals surface area contributed by atoms with Gasteiger partial charge in [-0.3, -0.25) is 0 Å². The number of imidazole rings is 1. The van der Waals surface area contributed by atoms with E-state index in [9.17, 15) is 0 Å². The van der Waals surface area contributed by atoms with Gasteiger partial charge in [0, 0.05) is 12.5 Å². The molecule has 2 nitrogen and oxygen atoms in total. The molecule has 2 heteroatoms. The summed E-state index contributed by atoms with van der Waals surface area (Å²) >= 11 is 0. The van der Waals surface area contributed by atoms with Crippen molar-refractivity contribution in [2.24, 2.45) is 0 Å². The number of rotatable bonds is 3. The maximum Gasteiger partial charge on any atom is 0.273 e. The van der Waals surface area contributed by atoms with E-state index in [1.54, 1.807) is 0 Å². The van der Waals surface area contributed by atoms with E-state index in [2.05, 4.69) is 129 Å². The molecule has 4 aromatic rings. The number of aromatic nitrogens is 2. The van der Waals surface area contributed by atoms with Gasteiger partial charge in [0.2, 0.25) is 0 Å². The number of hydrogen-bond donors (Lipinski definition) is 0. The molecule has 1 aromatic heterocycles. The molecule has 0 amide bonds. The van der Waals surface area contributed by atoms with E-state index in [4.69, 9.17) is 0 Å². The fourth-order valence-electron chi connectivity index (χ4n) is 4.17. The first-order valence-corrected chi connectivity index (χ1v) is 10.2. The summed E-state index contributed by atoms with van der Waals surface area (Å²) in [5.41, 5.74) is 7.36. The van der Waals surface area contributed by atoms with Crippen molar-refractivity contribution in [1.82, 2.24) is 4.57 Å². The zero-order chi connectivity index (χ0) is 20.6. The highest BCUT2D eigenvalue weighted by Gasteiger charge is 2.38. The Morgan fingerprint density at radius 1 is 0.690 bits per heavy atom. The van der Waals surface area contributed by atoms with Crippen LogP contribution in [0, 0.1) is 13.8 Å². The van der Waals surface area contributed by atoms with Gasteiger partial charge in [0.15, 0.2) is 11.4 Å². The highest BCUT2D eigenvalue weighted by atomic mass is 15.2. The van der Waals surface area contributed by atoms with Gasteiger partial charge in [-0.1, -0.05) is 66.7 Å². The predicted molar refractivity (Wildman–Crippen MR) is 121 cm³/mol. The fourth-order valence-corrected chi connectivity index (χ4v) is 4.17. The van der Waals surface area contributed by atoms with Gasteiger partial charge in [0.1, 0.15) is 11.4 Å². The lowest BCUT2D eigenvalue weighted by Gasteiger charge is -2.18. The first-order chi connectivity index (χ1) is 13.9. The van der Waals surface area contributed by atoms with Crippen molar-refractivity contribution < 1.29 is 4.57 Å². The monoisotopic (exact) mass is 381 g/mol. The Bertz CT molecular complexity index is 1130. The minimum Gasteiger partial charge on any atom is -0.195 e. The van der Waals surface area contributed by atoms with Crippen molar-refractivity contribution in [3.05, 3.63) is 102 Å². The van der Waals surface area contributed by atoms with Gasteiger partial charge in [0.25, 0.3) is 5.82 Å². The molecule has 0 bridgehead atoms. The molecule has 1 heterocycles. The van der Waals surface area contributed by atoms with Crippen LogP contribution in [0.2, 0.25) is 0 Å². The molecule has 3 aromatic carbocycles. The third-order valence-corrected chi connectivity index (χ3v) is 5.41. The van der Waals surface area contributed by atoms with E-state index in [1.807, 2.05) is 0 Å². The molecule has 0 aliphatic rings. The average molecular weight is 382 g/mol. The van der Waals surface area contributed by atoms with Crippen LogP contribution < -0.4 is 4.57 Å². The highest BCUT2D eigenvalue weighted by molar-refractivity contribution is 5.65. The van der Waals surface area contributed by atoms with E-state index in [-0.39, 0.29) is 5.41 Å². The summed E-state index contributed by atoms with van der Waals surface area (Å²) in [6, 6.07) is 30.1. The number of benzene rings is 3. The maximum atomic E-state index is 2.45. The van der Waals surface area contributed by atoms with Gasteiger partial charge < -0.3 is 0 Å². The summed E-state index contributed by atoms with van der Waals surface area (Å²) in [4.78, 5) is 0. The number of aryl methyl sites for hydroxylation is 1. The molecule has 0 aliphatic heterocycles. The van der Waals surface area contributed by atoms with Crippen molar-refractivity contribution in [3.63, 3.8) is 0 Å². The van der Waals surface area contributed by atoms with Crippen molar-refractivity contribution in [1.29, 1.82) is 0 Å². The zero-order valence-corrected chi connectivity index (χ0v) is 18.0. The first-order valence-electron chi connectivity index (χ1n) is 10.2. The summed E-state index contributed by atoms with van der Waals surface area (Å²) in [7, 11) is 0. The fraction of sp³-hybridized carbons (Fsp3) is 0.222. The first kappa shape index (κ1) is 19.2. The van der Waals surface area contributed by atoms with Crippen LogP contribution in [-0.4, -0.2) is 4.57 Å². The number of nitrogens with zero attached hydrogens (tertiary/aromatic N) is 2. The Labute approximate surface area is 174 Å². The summed E-state index contributed by atoms with van der Waals surface area (Å²) in [5, 5.41) is 0. The highest BCUT2D eigenvalue weighted by Crippen LogP contribution is 2.34. The lowest BCUT2D eigenvalue weighted by molar-refractivity contribution is -0.614. The van der Waals surface area contributed by atoms with Gasteiger partial charge in [-0.05, 0) is 51.5 Å². The molecule has 0 unspecified atom stereocenters. The van der Waals surface area contributed by atoms with Crippen molar-refractivity contribution in [2.75, 3.05) is 0 Å². The van der Waals surface area contributed by atoms with Gasteiger partial charge >= 0.3 is 0 Å². The van der Waals surface area contributed by atoms with E-state index in [1.165, 1.54) is 39.7 Å². The molecule has 0 aliphatic carbocycles. The van der Waals surface area contributed by atoms with Crippen LogP contribution in [0.1, 0.15) is 37.9 Å². The van der Waals surface area contributed by atoms with Crippen LogP contribution in [0.4, 0.5) is 0 Å². The van der Waals surface area contributed by atoms with Crippen LogP contribution in [0.25, 0.3) is 22.6 Å². The second-order valence-corrected chi connectivity index (χ2v) is 8.67. The van der Waals surface area contributed by atoms with Crippen LogP contribution in [0.5, 0.6) is 0 Å². The van der Waals surface area contributed by atoms with Gasteiger partial charge in [-0.25, -0.2) is 0 Å². The summed E-state index contributed by atoms with van der Waals surface area (Å²) < 4.78 is 4.89. The number of para-hydroxylation sites is 2. The SMILES string of the molecule is Cc1ccccc1-[n+]1c(C)c(-c2ccccc2)n(-c2ccccc2)c1C(C)(C)C. The van der Waals surface area contributed by atoms with Crippen molar-refractivity contribution >= 4 is 0 Å².